The van der Waals surface area contributed by atoms with E-state index >= 15 is 0 Å². The Labute approximate surface area is 126 Å². The smallest absolute Gasteiger partial charge is 0.341 e. The Balaban J connectivity index is 2.62. The average Bonchev–Trinajstić information content (AvgIpc) is 2.38. The van der Waals surface area contributed by atoms with Crippen molar-refractivity contribution in [1.82, 2.24) is 0 Å². The second-order valence-corrected chi connectivity index (χ2v) is 4.85. The Morgan fingerprint density at radius 1 is 1.20 bits per heavy atom. The minimum atomic E-state index is -0.716. The summed E-state index contributed by atoms with van der Waals surface area (Å²) >= 11 is 11.9. The molecule has 2 aromatic rings. The maximum atomic E-state index is 14.0. The molecule has 0 unspecified atom stereocenters. The zero-order chi connectivity index (χ0) is 14.7. The van der Waals surface area contributed by atoms with Gasteiger partial charge in [-0.15, -0.1) is 0 Å². The lowest BCUT2D eigenvalue weighted by Crippen LogP contribution is -2.09. The van der Waals surface area contributed by atoms with Crippen LogP contribution in [0.25, 0.3) is 11.1 Å². The van der Waals surface area contributed by atoms with Crippen molar-refractivity contribution in [3.05, 3.63) is 57.8 Å². The number of carbonyl (C=O) groups is 1. The summed E-state index contributed by atoms with van der Waals surface area (Å²) in [6.07, 6.45) is 0. The van der Waals surface area contributed by atoms with Crippen molar-refractivity contribution >= 4 is 29.2 Å². The van der Waals surface area contributed by atoms with Crippen LogP contribution < -0.4 is 0 Å². The molecule has 0 aliphatic carbocycles. The number of ether oxygens (including phenoxy) is 1. The summed E-state index contributed by atoms with van der Waals surface area (Å²) in [5, 5.41) is 0.807. The fourth-order valence-corrected chi connectivity index (χ4v) is 2.38. The van der Waals surface area contributed by atoms with Gasteiger partial charge >= 0.3 is 5.97 Å². The molecule has 0 spiro atoms. The molecule has 20 heavy (non-hydrogen) atoms. The van der Waals surface area contributed by atoms with E-state index in [0.717, 1.165) is 0 Å². The van der Waals surface area contributed by atoms with Crippen LogP contribution in [0.5, 0.6) is 0 Å². The largest absolute Gasteiger partial charge is 0.462 e. The first-order valence-corrected chi connectivity index (χ1v) is 6.71. The van der Waals surface area contributed by atoms with Crippen LogP contribution in [-0.2, 0) is 4.74 Å². The van der Waals surface area contributed by atoms with Crippen LogP contribution in [0.3, 0.4) is 0 Å². The highest BCUT2D eigenvalue weighted by molar-refractivity contribution is 6.36. The van der Waals surface area contributed by atoms with Gasteiger partial charge in [-0.2, -0.15) is 0 Å². The summed E-state index contributed by atoms with van der Waals surface area (Å²) < 4.78 is 18.8. The Hall–Kier alpha value is -1.58. The van der Waals surface area contributed by atoms with Crippen molar-refractivity contribution in [3.63, 3.8) is 0 Å². The SMILES string of the molecule is CCOC(=O)c1c(F)cccc1-c1ccc(Cl)cc1Cl. The maximum Gasteiger partial charge on any atom is 0.341 e. The minimum Gasteiger partial charge on any atom is -0.462 e. The summed E-state index contributed by atoms with van der Waals surface area (Å²) in [5.41, 5.74) is 0.780. The third-order valence-corrected chi connectivity index (χ3v) is 3.26. The van der Waals surface area contributed by atoms with Crippen molar-refractivity contribution < 1.29 is 13.9 Å². The highest BCUT2D eigenvalue weighted by atomic mass is 35.5. The van der Waals surface area contributed by atoms with Gasteiger partial charge in [0.25, 0.3) is 0 Å². The summed E-state index contributed by atoms with van der Waals surface area (Å²) in [4.78, 5) is 11.9. The fourth-order valence-electron chi connectivity index (χ4n) is 1.87. The zero-order valence-electron chi connectivity index (χ0n) is 10.6. The van der Waals surface area contributed by atoms with Gasteiger partial charge in [0.1, 0.15) is 11.4 Å². The molecule has 0 saturated heterocycles. The Kier molecular flexibility index (Phi) is 4.63. The van der Waals surface area contributed by atoms with Gasteiger partial charge in [0, 0.05) is 21.2 Å². The third-order valence-electron chi connectivity index (χ3n) is 2.71. The van der Waals surface area contributed by atoms with Crippen molar-refractivity contribution in [3.8, 4) is 11.1 Å². The van der Waals surface area contributed by atoms with Crippen LogP contribution in [0.2, 0.25) is 10.0 Å². The van der Waals surface area contributed by atoms with Crippen molar-refractivity contribution in [1.29, 1.82) is 0 Å². The lowest BCUT2D eigenvalue weighted by Gasteiger charge is -2.11. The van der Waals surface area contributed by atoms with Crippen LogP contribution in [0, 0.1) is 5.82 Å². The van der Waals surface area contributed by atoms with E-state index in [0.29, 0.717) is 21.2 Å². The van der Waals surface area contributed by atoms with Crippen LogP contribution >= 0.6 is 23.2 Å². The van der Waals surface area contributed by atoms with E-state index in [2.05, 4.69) is 0 Å². The van der Waals surface area contributed by atoms with Gasteiger partial charge in [-0.05, 0) is 25.1 Å². The molecule has 0 aliphatic heterocycles. The summed E-state index contributed by atoms with van der Waals surface area (Å²) in [7, 11) is 0. The second kappa shape index (κ2) is 6.25. The molecular formula is C15H11Cl2FO2. The number of benzene rings is 2. The molecule has 0 amide bonds. The number of halogens is 3. The molecule has 0 bridgehead atoms. The van der Waals surface area contributed by atoms with Crippen molar-refractivity contribution in [2.24, 2.45) is 0 Å². The van der Waals surface area contributed by atoms with Gasteiger partial charge in [-0.25, -0.2) is 9.18 Å². The monoisotopic (exact) mass is 312 g/mol. The molecule has 2 aromatic carbocycles. The van der Waals surface area contributed by atoms with E-state index in [1.54, 1.807) is 25.1 Å². The van der Waals surface area contributed by atoms with E-state index in [1.807, 2.05) is 0 Å². The number of rotatable bonds is 3. The van der Waals surface area contributed by atoms with E-state index in [4.69, 9.17) is 27.9 Å². The lowest BCUT2D eigenvalue weighted by atomic mass is 9.99. The minimum absolute atomic E-state index is 0.126. The van der Waals surface area contributed by atoms with E-state index in [1.165, 1.54) is 18.2 Å². The molecule has 0 aliphatic rings. The maximum absolute atomic E-state index is 14.0. The lowest BCUT2D eigenvalue weighted by molar-refractivity contribution is 0.0522. The van der Waals surface area contributed by atoms with Gasteiger partial charge < -0.3 is 4.74 Å². The predicted molar refractivity (Wildman–Crippen MR) is 77.8 cm³/mol. The number of esters is 1. The summed E-state index contributed by atoms with van der Waals surface area (Å²) in [6, 6.07) is 9.14. The standard InChI is InChI=1S/C15H11Cl2FO2/c1-2-20-15(19)14-11(4-3-5-13(14)18)10-7-6-9(16)8-12(10)17/h3-8H,2H2,1H3. The van der Waals surface area contributed by atoms with Crippen molar-refractivity contribution in [2.45, 2.75) is 6.92 Å². The first-order chi connectivity index (χ1) is 9.54. The number of carbonyl (C=O) groups excluding carboxylic acids is 1. The normalized spacial score (nSPS) is 10.4. The Morgan fingerprint density at radius 3 is 2.60 bits per heavy atom. The van der Waals surface area contributed by atoms with E-state index in [9.17, 15) is 9.18 Å². The predicted octanol–water partition coefficient (Wildman–Crippen LogP) is 4.98. The van der Waals surface area contributed by atoms with Crippen LogP contribution in [0.15, 0.2) is 36.4 Å². The third kappa shape index (κ3) is 2.94. The molecule has 2 rings (SSSR count). The molecule has 0 atom stereocenters. The highest BCUT2D eigenvalue weighted by Gasteiger charge is 2.20. The highest BCUT2D eigenvalue weighted by Crippen LogP contribution is 2.33. The molecule has 104 valence electrons. The molecule has 0 radical (unpaired) electrons. The fraction of sp³-hybridized carbons (Fsp3) is 0.133. The van der Waals surface area contributed by atoms with E-state index < -0.39 is 11.8 Å². The molecular weight excluding hydrogens is 302 g/mol. The average molecular weight is 313 g/mol. The number of hydrogen-bond donors (Lipinski definition) is 0. The van der Waals surface area contributed by atoms with Gasteiger partial charge in [0.15, 0.2) is 0 Å². The molecule has 2 nitrogen and oxygen atoms in total. The Bertz CT molecular complexity index is 656. The number of hydrogen-bond acceptors (Lipinski definition) is 2. The van der Waals surface area contributed by atoms with Gasteiger partial charge in [-0.3, -0.25) is 0 Å². The molecule has 0 fully saturated rings. The summed E-state index contributed by atoms with van der Waals surface area (Å²) in [6.45, 7) is 1.83. The van der Waals surface area contributed by atoms with Gasteiger partial charge in [0.05, 0.1) is 6.61 Å². The zero-order valence-corrected chi connectivity index (χ0v) is 12.1. The Morgan fingerprint density at radius 2 is 1.95 bits per heavy atom. The van der Waals surface area contributed by atoms with Gasteiger partial charge in [0.2, 0.25) is 0 Å². The van der Waals surface area contributed by atoms with Crippen LogP contribution in [0.4, 0.5) is 4.39 Å². The van der Waals surface area contributed by atoms with Crippen molar-refractivity contribution in [2.75, 3.05) is 6.61 Å². The van der Waals surface area contributed by atoms with E-state index in [-0.39, 0.29) is 12.2 Å². The summed E-state index contributed by atoms with van der Waals surface area (Å²) in [5.74, 6) is -1.36. The molecule has 0 aromatic heterocycles. The van der Waals surface area contributed by atoms with Gasteiger partial charge in [-0.1, -0.05) is 41.4 Å². The molecule has 0 heterocycles. The quantitative estimate of drug-likeness (QED) is 0.747. The van der Waals surface area contributed by atoms with Crippen LogP contribution in [0.1, 0.15) is 17.3 Å². The first-order valence-electron chi connectivity index (χ1n) is 5.95. The second-order valence-electron chi connectivity index (χ2n) is 4.01. The molecule has 0 N–H and O–H groups in total. The first kappa shape index (κ1) is 14.8. The van der Waals surface area contributed by atoms with Crippen LogP contribution in [-0.4, -0.2) is 12.6 Å². The molecule has 5 heteroatoms. The molecule has 0 saturated carbocycles. The topological polar surface area (TPSA) is 26.3 Å².